The zero-order valence-corrected chi connectivity index (χ0v) is 9.09. The Morgan fingerprint density at radius 3 is 3.21 bits per heavy atom. The summed E-state index contributed by atoms with van der Waals surface area (Å²) >= 11 is 1.98. The summed E-state index contributed by atoms with van der Waals surface area (Å²) in [5.41, 5.74) is 1.19. The number of pyridine rings is 1. The van der Waals surface area contributed by atoms with E-state index in [0.29, 0.717) is 0 Å². The maximum Gasteiger partial charge on any atom is 0.0502 e. The third-order valence-electron chi connectivity index (χ3n) is 2.46. The molecule has 1 aromatic heterocycles. The van der Waals surface area contributed by atoms with Gasteiger partial charge in [0.2, 0.25) is 0 Å². The summed E-state index contributed by atoms with van der Waals surface area (Å²) in [6.45, 7) is 1.20. The predicted molar refractivity (Wildman–Crippen MR) is 61.4 cm³/mol. The number of hydrogen-bond acceptors (Lipinski definition) is 3. The van der Waals surface area contributed by atoms with Gasteiger partial charge in [-0.2, -0.15) is 11.8 Å². The monoisotopic (exact) mass is 208 g/mol. The van der Waals surface area contributed by atoms with E-state index in [2.05, 4.69) is 22.4 Å². The van der Waals surface area contributed by atoms with E-state index in [1.807, 2.05) is 24.0 Å². The van der Waals surface area contributed by atoms with E-state index in [9.17, 15) is 0 Å². The minimum absolute atomic E-state index is 0.740. The summed E-state index contributed by atoms with van der Waals surface area (Å²) in [7, 11) is 0. The highest BCUT2D eigenvalue weighted by atomic mass is 32.2. The zero-order chi connectivity index (χ0) is 9.64. The summed E-state index contributed by atoms with van der Waals surface area (Å²) in [6, 6.07) is 6.85. The van der Waals surface area contributed by atoms with E-state index >= 15 is 0 Å². The molecule has 0 amide bonds. The highest BCUT2D eigenvalue weighted by Gasteiger charge is 2.13. The largest absolute Gasteiger partial charge is 0.313 e. The SMILES string of the molecule is c1ccc(CSC[C@H]2CCCN2)nc1. The number of aromatic nitrogens is 1. The van der Waals surface area contributed by atoms with Gasteiger partial charge in [0.15, 0.2) is 0 Å². The van der Waals surface area contributed by atoms with Crippen LogP contribution in [-0.4, -0.2) is 23.3 Å². The molecule has 0 aromatic carbocycles. The summed E-state index contributed by atoms with van der Waals surface area (Å²) in [5, 5.41) is 3.50. The predicted octanol–water partition coefficient (Wildman–Crippen LogP) is 2.07. The van der Waals surface area contributed by atoms with Crippen LogP contribution < -0.4 is 5.32 Å². The highest BCUT2D eigenvalue weighted by molar-refractivity contribution is 7.98. The molecular formula is C11H16N2S. The lowest BCUT2D eigenvalue weighted by Crippen LogP contribution is -2.23. The fourth-order valence-corrected chi connectivity index (χ4v) is 2.76. The van der Waals surface area contributed by atoms with Gasteiger partial charge in [0.05, 0.1) is 5.69 Å². The van der Waals surface area contributed by atoms with Gasteiger partial charge in [-0.15, -0.1) is 0 Å². The lowest BCUT2D eigenvalue weighted by Gasteiger charge is -2.08. The lowest BCUT2D eigenvalue weighted by molar-refractivity contribution is 0.674. The molecule has 1 saturated heterocycles. The van der Waals surface area contributed by atoms with Crippen LogP contribution in [0.5, 0.6) is 0 Å². The molecular weight excluding hydrogens is 192 g/mol. The minimum Gasteiger partial charge on any atom is -0.313 e. The van der Waals surface area contributed by atoms with Crippen molar-refractivity contribution in [1.29, 1.82) is 0 Å². The van der Waals surface area contributed by atoms with E-state index < -0.39 is 0 Å². The average Bonchev–Trinajstić information content (AvgIpc) is 2.72. The Hall–Kier alpha value is -0.540. The van der Waals surface area contributed by atoms with Crippen LogP contribution in [0.15, 0.2) is 24.4 Å². The van der Waals surface area contributed by atoms with E-state index in [-0.39, 0.29) is 0 Å². The van der Waals surface area contributed by atoms with Gasteiger partial charge < -0.3 is 5.32 Å². The summed E-state index contributed by atoms with van der Waals surface area (Å²) in [5.74, 6) is 2.26. The molecule has 1 aliphatic rings. The molecule has 14 heavy (non-hydrogen) atoms. The third-order valence-corrected chi connectivity index (χ3v) is 3.60. The van der Waals surface area contributed by atoms with Crippen LogP contribution in [0.25, 0.3) is 0 Å². The molecule has 0 spiro atoms. The van der Waals surface area contributed by atoms with E-state index in [1.165, 1.54) is 30.8 Å². The number of rotatable bonds is 4. The Kier molecular flexibility index (Phi) is 3.83. The lowest BCUT2D eigenvalue weighted by atomic mass is 10.3. The molecule has 3 heteroatoms. The van der Waals surface area contributed by atoms with E-state index in [1.54, 1.807) is 0 Å². The number of nitrogens with zero attached hydrogens (tertiary/aromatic N) is 1. The average molecular weight is 208 g/mol. The summed E-state index contributed by atoms with van der Waals surface area (Å²) in [4.78, 5) is 4.30. The molecule has 1 N–H and O–H groups in total. The van der Waals surface area contributed by atoms with Crippen molar-refractivity contribution in [2.75, 3.05) is 12.3 Å². The maximum atomic E-state index is 4.30. The van der Waals surface area contributed by atoms with Crippen LogP contribution >= 0.6 is 11.8 Å². The van der Waals surface area contributed by atoms with Crippen molar-refractivity contribution < 1.29 is 0 Å². The minimum atomic E-state index is 0.740. The number of nitrogens with one attached hydrogen (secondary N) is 1. The van der Waals surface area contributed by atoms with E-state index in [4.69, 9.17) is 0 Å². The van der Waals surface area contributed by atoms with Crippen LogP contribution in [0.3, 0.4) is 0 Å². The molecule has 1 atom stereocenters. The Labute approximate surface area is 89.5 Å². The first-order valence-corrected chi connectivity index (χ1v) is 6.31. The Balaban J connectivity index is 1.67. The van der Waals surface area contributed by atoms with Crippen LogP contribution in [-0.2, 0) is 5.75 Å². The molecule has 1 fully saturated rings. The quantitative estimate of drug-likeness (QED) is 0.820. The highest BCUT2D eigenvalue weighted by Crippen LogP contribution is 2.15. The standard InChI is InChI=1S/C11H16N2S/c1-2-6-12-10(4-1)8-14-9-11-5-3-7-13-11/h1-2,4,6,11,13H,3,5,7-9H2/t11-/m1/s1. The molecule has 0 bridgehead atoms. The first kappa shape index (κ1) is 9.99. The molecule has 2 nitrogen and oxygen atoms in total. The zero-order valence-electron chi connectivity index (χ0n) is 8.28. The van der Waals surface area contributed by atoms with Crippen molar-refractivity contribution in [3.63, 3.8) is 0 Å². The fraction of sp³-hybridized carbons (Fsp3) is 0.545. The first-order chi connectivity index (χ1) is 6.95. The van der Waals surface area contributed by atoms with Crippen LogP contribution in [0.2, 0.25) is 0 Å². The normalized spacial score (nSPS) is 21.3. The van der Waals surface area contributed by atoms with Crippen LogP contribution in [0.1, 0.15) is 18.5 Å². The van der Waals surface area contributed by atoms with Gasteiger partial charge in [-0.1, -0.05) is 6.07 Å². The number of thioether (sulfide) groups is 1. The second kappa shape index (κ2) is 5.37. The molecule has 1 aromatic rings. The second-order valence-electron chi connectivity index (χ2n) is 3.63. The Morgan fingerprint density at radius 1 is 1.50 bits per heavy atom. The molecule has 2 heterocycles. The fourth-order valence-electron chi connectivity index (χ4n) is 1.69. The molecule has 2 rings (SSSR count). The van der Waals surface area contributed by atoms with Crippen LogP contribution in [0, 0.1) is 0 Å². The van der Waals surface area contributed by atoms with Gasteiger partial charge in [0, 0.05) is 23.7 Å². The Morgan fingerprint density at radius 2 is 2.50 bits per heavy atom. The van der Waals surface area contributed by atoms with Gasteiger partial charge in [0.25, 0.3) is 0 Å². The van der Waals surface area contributed by atoms with Crippen molar-refractivity contribution >= 4 is 11.8 Å². The molecule has 1 aliphatic heterocycles. The molecule has 76 valence electrons. The Bertz CT molecular complexity index is 257. The number of hydrogen-bond donors (Lipinski definition) is 1. The second-order valence-corrected chi connectivity index (χ2v) is 4.66. The van der Waals surface area contributed by atoms with Crippen molar-refractivity contribution in [2.45, 2.75) is 24.6 Å². The molecule has 0 saturated carbocycles. The third kappa shape index (κ3) is 3.00. The van der Waals surface area contributed by atoms with Gasteiger partial charge >= 0.3 is 0 Å². The van der Waals surface area contributed by atoms with Crippen LogP contribution in [0.4, 0.5) is 0 Å². The molecule has 0 radical (unpaired) electrons. The topological polar surface area (TPSA) is 24.9 Å². The van der Waals surface area contributed by atoms with Gasteiger partial charge in [-0.05, 0) is 31.5 Å². The van der Waals surface area contributed by atoms with Gasteiger partial charge in [-0.3, -0.25) is 4.98 Å². The molecule has 0 aliphatic carbocycles. The first-order valence-electron chi connectivity index (χ1n) is 5.16. The van der Waals surface area contributed by atoms with Crippen molar-refractivity contribution in [2.24, 2.45) is 0 Å². The van der Waals surface area contributed by atoms with Gasteiger partial charge in [-0.25, -0.2) is 0 Å². The van der Waals surface area contributed by atoms with Crippen molar-refractivity contribution in [3.05, 3.63) is 30.1 Å². The maximum absolute atomic E-state index is 4.30. The van der Waals surface area contributed by atoms with E-state index in [0.717, 1.165) is 11.8 Å². The van der Waals surface area contributed by atoms with Crippen molar-refractivity contribution in [1.82, 2.24) is 10.3 Å². The van der Waals surface area contributed by atoms with Gasteiger partial charge in [0.1, 0.15) is 0 Å². The summed E-state index contributed by atoms with van der Waals surface area (Å²) in [6.07, 6.45) is 4.55. The summed E-state index contributed by atoms with van der Waals surface area (Å²) < 4.78 is 0. The smallest absolute Gasteiger partial charge is 0.0502 e. The molecule has 0 unspecified atom stereocenters. The van der Waals surface area contributed by atoms with Crippen molar-refractivity contribution in [3.8, 4) is 0 Å².